The van der Waals surface area contributed by atoms with Crippen molar-refractivity contribution in [3.63, 3.8) is 0 Å². The number of aromatic nitrogens is 1. The van der Waals surface area contributed by atoms with Gasteiger partial charge in [-0.25, -0.2) is 0 Å². The third-order valence-electron chi connectivity index (χ3n) is 5.27. The molecule has 1 heterocycles. The number of fused-ring (bicyclic) bond motifs is 1. The first-order valence-corrected chi connectivity index (χ1v) is 9.98. The molecule has 3 rings (SSSR count). The number of halogens is 3. The number of nitrogens with one attached hydrogen (secondary N) is 1. The fourth-order valence-corrected chi connectivity index (χ4v) is 3.59. The summed E-state index contributed by atoms with van der Waals surface area (Å²) in [5.74, 6) is 0. The second-order valence-electron chi connectivity index (χ2n) is 7.50. The quantitative estimate of drug-likeness (QED) is 0.277. The van der Waals surface area contributed by atoms with Crippen LogP contribution in [0.1, 0.15) is 17.5 Å². The van der Waals surface area contributed by atoms with E-state index in [4.69, 9.17) is 4.74 Å². The zero-order valence-corrected chi connectivity index (χ0v) is 17.4. The minimum atomic E-state index is -4.98. The molecule has 0 aliphatic heterocycles. The van der Waals surface area contributed by atoms with E-state index in [0.29, 0.717) is 13.0 Å². The minimum absolute atomic E-state index is 0.102. The third kappa shape index (κ3) is 4.93. The number of benzene rings is 2. The van der Waals surface area contributed by atoms with E-state index in [1.54, 1.807) is 24.3 Å². The van der Waals surface area contributed by atoms with Crippen LogP contribution >= 0.6 is 0 Å². The van der Waals surface area contributed by atoms with Gasteiger partial charge in [0, 0.05) is 56.1 Å². The highest BCUT2D eigenvalue weighted by atomic mass is 19.4. The van der Waals surface area contributed by atoms with Crippen molar-refractivity contribution >= 4 is 16.6 Å². The first-order valence-electron chi connectivity index (χ1n) is 9.98. The van der Waals surface area contributed by atoms with Gasteiger partial charge in [0.1, 0.15) is 0 Å². The zero-order valence-electron chi connectivity index (χ0n) is 17.4. The molecular weight excluding hydrogens is 427 g/mol. The maximum atomic E-state index is 14.1. The maximum absolute atomic E-state index is 14.1. The lowest BCUT2D eigenvalue weighted by Crippen LogP contribution is -2.50. The van der Waals surface area contributed by atoms with Crippen molar-refractivity contribution in [1.82, 2.24) is 9.88 Å². The van der Waals surface area contributed by atoms with Crippen LogP contribution in [0.5, 0.6) is 0 Å². The average molecular weight is 451 g/mol. The molecule has 0 aliphatic carbocycles. The van der Waals surface area contributed by atoms with Gasteiger partial charge >= 0.3 is 6.18 Å². The number of hydrogen-bond acceptors (Lipinski definition) is 5. The van der Waals surface area contributed by atoms with Crippen molar-refractivity contribution in [2.45, 2.75) is 24.7 Å². The summed E-state index contributed by atoms with van der Waals surface area (Å²) in [7, 11) is 1.49. The van der Waals surface area contributed by atoms with Gasteiger partial charge in [-0.15, -0.1) is 0 Å². The average Bonchev–Trinajstić information content (AvgIpc) is 3.11. The number of alkyl halides is 3. The van der Waals surface area contributed by atoms with E-state index >= 15 is 0 Å². The lowest BCUT2D eigenvalue weighted by atomic mass is 9.92. The van der Waals surface area contributed by atoms with E-state index in [-0.39, 0.29) is 35.2 Å². The van der Waals surface area contributed by atoms with Gasteiger partial charge in [-0.05, 0) is 24.6 Å². The molecular formula is C22H24F3N3O4. The van der Waals surface area contributed by atoms with Crippen LogP contribution in [0, 0.1) is 10.1 Å². The van der Waals surface area contributed by atoms with Crippen LogP contribution in [0.3, 0.4) is 0 Å². The fourth-order valence-electron chi connectivity index (χ4n) is 3.59. The number of non-ortho nitro benzene ring substituents is 1. The molecule has 172 valence electrons. The van der Waals surface area contributed by atoms with Gasteiger partial charge < -0.3 is 19.7 Å². The molecule has 32 heavy (non-hydrogen) atoms. The van der Waals surface area contributed by atoms with E-state index < -0.39 is 23.2 Å². The van der Waals surface area contributed by atoms with Gasteiger partial charge in [0.2, 0.25) is 0 Å². The van der Waals surface area contributed by atoms with Crippen molar-refractivity contribution in [2.24, 2.45) is 0 Å². The Kier molecular flexibility index (Phi) is 7.17. The number of hydrogen-bond donors (Lipinski definition) is 2. The molecule has 0 amide bonds. The molecule has 0 bridgehead atoms. The molecule has 10 heteroatoms. The summed E-state index contributed by atoms with van der Waals surface area (Å²) < 4.78 is 48.7. The van der Waals surface area contributed by atoms with E-state index in [0.717, 1.165) is 11.6 Å². The molecule has 1 atom stereocenters. The molecule has 3 aromatic rings. The van der Waals surface area contributed by atoms with Crippen molar-refractivity contribution in [3.05, 3.63) is 76.0 Å². The number of ether oxygens (including phenoxy) is 1. The van der Waals surface area contributed by atoms with Crippen molar-refractivity contribution in [1.29, 1.82) is 0 Å². The number of nitro benzene ring substituents is 1. The predicted molar refractivity (Wildman–Crippen MR) is 113 cm³/mol. The Balaban J connectivity index is 2.09. The summed E-state index contributed by atoms with van der Waals surface area (Å²) >= 11 is 0. The predicted octanol–water partition coefficient (Wildman–Crippen LogP) is 3.97. The first kappa shape index (κ1) is 23.7. The molecule has 0 saturated heterocycles. The van der Waals surface area contributed by atoms with Crippen LogP contribution in [0.2, 0.25) is 0 Å². The van der Waals surface area contributed by atoms with Gasteiger partial charge in [-0.2, -0.15) is 13.2 Å². The van der Waals surface area contributed by atoms with Gasteiger partial charge in [0.05, 0.1) is 10.4 Å². The minimum Gasteiger partial charge on any atom is -0.385 e. The van der Waals surface area contributed by atoms with Crippen LogP contribution in [0.4, 0.5) is 18.9 Å². The van der Waals surface area contributed by atoms with E-state index in [1.807, 2.05) is 6.07 Å². The van der Waals surface area contributed by atoms with Gasteiger partial charge in [-0.3, -0.25) is 10.1 Å². The summed E-state index contributed by atoms with van der Waals surface area (Å²) in [6.07, 6.45) is -3.27. The van der Waals surface area contributed by atoms with Gasteiger partial charge in [-0.1, -0.05) is 30.3 Å². The molecule has 0 spiro atoms. The molecule has 2 N–H and O–H groups in total. The third-order valence-corrected chi connectivity index (χ3v) is 5.27. The second kappa shape index (κ2) is 9.68. The molecule has 0 saturated carbocycles. The fraction of sp³-hybridized carbons (Fsp3) is 0.364. The Morgan fingerprint density at radius 1 is 1.19 bits per heavy atom. The van der Waals surface area contributed by atoms with Crippen molar-refractivity contribution < 1.29 is 27.9 Å². The van der Waals surface area contributed by atoms with Gasteiger partial charge in [0.15, 0.2) is 5.60 Å². The highest BCUT2D eigenvalue weighted by molar-refractivity contribution is 5.87. The SMILES string of the molecule is COCCCNCC(O)(c1cn(Cc2ccccc2)c2cc([N+](=O)[O-])ccc12)C(F)(F)F. The molecule has 0 aliphatic rings. The topological polar surface area (TPSA) is 89.6 Å². The number of rotatable bonds is 10. The Morgan fingerprint density at radius 2 is 1.91 bits per heavy atom. The van der Waals surface area contributed by atoms with Crippen LogP contribution < -0.4 is 5.32 Å². The van der Waals surface area contributed by atoms with Crippen molar-refractivity contribution in [3.8, 4) is 0 Å². The summed E-state index contributed by atoms with van der Waals surface area (Å²) in [6.45, 7) is 0.0211. The van der Waals surface area contributed by atoms with E-state index in [9.17, 15) is 28.4 Å². The second-order valence-corrected chi connectivity index (χ2v) is 7.50. The Hall–Kier alpha value is -2.95. The summed E-state index contributed by atoms with van der Waals surface area (Å²) in [6, 6.07) is 12.6. The standard InChI is InChI=1S/C22H24F3N3O4/c1-32-11-5-10-26-15-21(29,22(23,24)25)19-14-27(13-16-6-3-2-4-7-16)20-12-17(28(30)31)8-9-18(19)20/h2-4,6-9,12,14,26,29H,5,10-11,13,15H2,1H3. The van der Waals surface area contributed by atoms with Gasteiger partial charge in [0.25, 0.3) is 5.69 Å². The van der Waals surface area contributed by atoms with Crippen molar-refractivity contribution in [2.75, 3.05) is 26.8 Å². The monoisotopic (exact) mass is 451 g/mol. The van der Waals surface area contributed by atoms with Crippen LogP contribution in [0.25, 0.3) is 10.9 Å². The number of aliphatic hydroxyl groups is 1. The summed E-state index contributed by atoms with van der Waals surface area (Å²) in [5, 5.41) is 24.9. The zero-order chi connectivity index (χ0) is 23.4. The molecule has 1 unspecified atom stereocenters. The molecule has 0 radical (unpaired) electrons. The molecule has 0 fully saturated rings. The molecule has 7 nitrogen and oxygen atoms in total. The van der Waals surface area contributed by atoms with Crippen LogP contribution in [-0.2, 0) is 16.9 Å². The highest BCUT2D eigenvalue weighted by Gasteiger charge is 2.56. The summed E-state index contributed by atoms with van der Waals surface area (Å²) in [4.78, 5) is 10.6. The molecule has 1 aromatic heterocycles. The maximum Gasteiger partial charge on any atom is 0.422 e. The first-order chi connectivity index (χ1) is 15.2. The van der Waals surface area contributed by atoms with E-state index in [2.05, 4.69) is 5.32 Å². The number of nitro groups is 1. The lowest BCUT2D eigenvalue weighted by Gasteiger charge is -2.30. The highest BCUT2D eigenvalue weighted by Crippen LogP contribution is 2.43. The van der Waals surface area contributed by atoms with Crippen LogP contribution in [0.15, 0.2) is 54.7 Å². The molecule has 2 aromatic carbocycles. The normalized spacial score (nSPS) is 13.9. The summed E-state index contributed by atoms with van der Waals surface area (Å²) in [5.41, 5.74) is -2.75. The van der Waals surface area contributed by atoms with Crippen LogP contribution in [-0.4, -0.2) is 47.6 Å². The van der Waals surface area contributed by atoms with E-state index in [1.165, 1.54) is 30.0 Å². The number of methoxy groups -OCH3 is 1. The lowest BCUT2D eigenvalue weighted by molar-refractivity contribution is -0.384. The Labute approximate surface area is 182 Å². The number of nitrogens with zero attached hydrogens (tertiary/aromatic N) is 2. The smallest absolute Gasteiger partial charge is 0.385 e. The Bertz CT molecular complexity index is 1070. The Morgan fingerprint density at radius 3 is 2.53 bits per heavy atom. The largest absolute Gasteiger partial charge is 0.422 e.